The Kier molecular flexibility index (Phi) is 7.26. The molecule has 0 aliphatic rings. The third-order valence-corrected chi connectivity index (χ3v) is 5.10. The van der Waals surface area contributed by atoms with Crippen molar-refractivity contribution >= 4 is 15.9 Å². The summed E-state index contributed by atoms with van der Waals surface area (Å²) in [4.78, 5) is 18.5. The van der Waals surface area contributed by atoms with Gasteiger partial charge in [-0.2, -0.15) is 0 Å². The SMILES string of the molecule is CN(C)CCCNS(=O)(=O)c1cccc(C(=O)NCc2ccccn2)c1. The summed E-state index contributed by atoms with van der Waals surface area (Å²) in [5.74, 6) is -0.347. The highest BCUT2D eigenvalue weighted by Crippen LogP contribution is 2.12. The maximum Gasteiger partial charge on any atom is 0.251 e. The third kappa shape index (κ3) is 6.21. The van der Waals surface area contributed by atoms with E-state index in [2.05, 4.69) is 15.0 Å². The van der Waals surface area contributed by atoms with Gasteiger partial charge in [-0.3, -0.25) is 9.78 Å². The van der Waals surface area contributed by atoms with Crippen LogP contribution in [-0.2, 0) is 16.6 Å². The molecule has 0 unspecified atom stereocenters. The van der Waals surface area contributed by atoms with Crippen LogP contribution in [0.3, 0.4) is 0 Å². The number of amides is 1. The summed E-state index contributed by atoms with van der Waals surface area (Å²) in [6, 6.07) is 11.4. The molecular formula is C18H24N4O3S. The Bertz CT molecular complexity index is 823. The second kappa shape index (κ2) is 9.42. The highest BCUT2D eigenvalue weighted by molar-refractivity contribution is 7.89. The number of hydrogen-bond acceptors (Lipinski definition) is 5. The molecule has 0 saturated carbocycles. The van der Waals surface area contributed by atoms with Crippen molar-refractivity contribution in [2.45, 2.75) is 17.9 Å². The van der Waals surface area contributed by atoms with Crippen molar-refractivity contribution in [1.82, 2.24) is 19.9 Å². The van der Waals surface area contributed by atoms with Gasteiger partial charge < -0.3 is 10.2 Å². The van der Waals surface area contributed by atoms with Crippen molar-refractivity contribution in [3.8, 4) is 0 Å². The van der Waals surface area contributed by atoms with E-state index < -0.39 is 10.0 Å². The predicted octanol–water partition coefficient (Wildman–Crippen LogP) is 1.24. The summed E-state index contributed by atoms with van der Waals surface area (Å²) in [6.45, 7) is 1.41. The number of carbonyl (C=O) groups is 1. The molecule has 0 radical (unpaired) electrons. The molecule has 0 bridgehead atoms. The fourth-order valence-corrected chi connectivity index (χ4v) is 3.38. The molecule has 1 amide bonds. The molecule has 0 aliphatic carbocycles. The maximum atomic E-state index is 12.4. The molecule has 8 heteroatoms. The monoisotopic (exact) mass is 376 g/mol. The van der Waals surface area contributed by atoms with Crippen molar-refractivity contribution in [3.05, 3.63) is 59.9 Å². The van der Waals surface area contributed by atoms with E-state index in [0.29, 0.717) is 13.0 Å². The molecule has 140 valence electrons. The molecule has 26 heavy (non-hydrogen) atoms. The summed E-state index contributed by atoms with van der Waals surface area (Å²) in [6.07, 6.45) is 2.35. The molecule has 1 aromatic carbocycles. The van der Waals surface area contributed by atoms with Gasteiger partial charge in [0.25, 0.3) is 5.91 Å². The molecule has 7 nitrogen and oxygen atoms in total. The molecule has 0 fully saturated rings. The third-order valence-electron chi connectivity index (χ3n) is 3.64. The predicted molar refractivity (Wildman–Crippen MR) is 100 cm³/mol. The first-order chi connectivity index (χ1) is 12.4. The van der Waals surface area contributed by atoms with Crippen molar-refractivity contribution < 1.29 is 13.2 Å². The standard InChI is InChI=1S/C18H24N4O3S/c1-22(2)12-6-11-21-26(24,25)17-9-5-7-15(13-17)18(23)20-14-16-8-3-4-10-19-16/h3-5,7-10,13,21H,6,11-12,14H2,1-2H3,(H,20,23). The van der Waals surface area contributed by atoms with E-state index in [0.717, 1.165) is 12.2 Å². The maximum absolute atomic E-state index is 12.4. The number of pyridine rings is 1. The summed E-state index contributed by atoms with van der Waals surface area (Å²) in [5, 5.41) is 2.74. The van der Waals surface area contributed by atoms with Crippen LogP contribution in [0, 0.1) is 0 Å². The number of aromatic nitrogens is 1. The van der Waals surface area contributed by atoms with Crippen LogP contribution in [0.1, 0.15) is 22.5 Å². The Balaban J connectivity index is 1.98. The van der Waals surface area contributed by atoms with E-state index in [4.69, 9.17) is 0 Å². The van der Waals surface area contributed by atoms with E-state index in [1.165, 1.54) is 12.1 Å². The number of benzene rings is 1. The molecule has 0 aliphatic heterocycles. The van der Waals surface area contributed by atoms with E-state index >= 15 is 0 Å². The number of nitrogens with one attached hydrogen (secondary N) is 2. The topological polar surface area (TPSA) is 91.4 Å². The molecule has 0 spiro atoms. The largest absolute Gasteiger partial charge is 0.346 e. The van der Waals surface area contributed by atoms with Gasteiger partial charge in [-0.25, -0.2) is 13.1 Å². The van der Waals surface area contributed by atoms with Gasteiger partial charge >= 0.3 is 0 Å². The molecule has 2 rings (SSSR count). The molecule has 1 heterocycles. The first-order valence-electron chi connectivity index (χ1n) is 8.31. The smallest absolute Gasteiger partial charge is 0.251 e. The Hall–Kier alpha value is -2.29. The van der Waals surface area contributed by atoms with Crippen LogP contribution in [-0.4, -0.2) is 51.4 Å². The lowest BCUT2D eigenvalue weighted by Gasteiger charge is -2.11. The number of carbonyl (C=O) groups excluding carboxylic acids is 1. The second-order valence-corrected chi connectivity index (χ2v) is 7.85. The van der Waals surface area contributed by atoms with Crippen molar-refractivity contribution in [2.75, 3.05) is 27.2 Å². The Morgan fingerprint density at radius 1 is 1.15 bits per heavy atom. The van der Waals surface area contributed by atoms with E-state index in [-0.39, 0.29) is 22.9 Å². The highest BCUT2D eigenvalue weighted by atomic mass is 32.2. The zero-order valence-electron chi connectivity index (χ0n) is 15.0. The highest BCUT2D eigenvalue weighted by Gasteiger charge is 2.16. The summed E-state index contributed by atoms with van der Waals surface area (Å²) in [7, 11) is 0.222. The molecule has 2 N–H and O–H groups in total. The Morgan fingerprint density at radius 3 is 2.65 bits per heavy atom. The second-order valence-electron chi connectivity index (χ2n) is 6.09. The number of rotatable bonds is 9. The van der Waals surface area contributed by atoms with Crippen LogP contribution in [0.25, 0.3) is 0 Å². The Morgan fingerprint density at radius 2 is 1.96 bits per heavy atom. The fourth-order valence-electron chi connectivity index (χ4n) is 2.27. The van der Waals surface area contributed by atoms with Gasteiger partial charge in [0, 0.05) is 18.3 Å². The normalized spacial score (nSPS) is 11.5. The summed E-state index contributed by atoms with van der Waals surface area (Å²) < 4.78 is 27.3. The van der Waals surface area contributed by atoms with Crippen LogP contribution in [0.2, 0.25) is 0 Å². The minimum atomic E-state index is -3.64. The van der Waals surface area contributed by atoms with Gasteiger partial charge in [0.15, 0.2) is 0 Å². The molecule has 0 atom stereocenters. The average molecular weight is 376 g/mol. The average Bonchev–Trinajstić information content (AvgIpc) is 2.64. The zero-order valence-corrected chi connectivity index (χ0v) is 15.8. The van der Waals surface area contributed by atoms with Gasteiger partial charge in [0.1, 0.15) is 0 Å². The van der Waals surface area contributed by atoms with Crippen LogP contribution < -0.4 is 10.0 Å². The van der Waals surface area contributed by atoms with Crippen molar-refractivity contribution in [3.63, 3.8) is 0 Å². The van der Waals surface area contributed by atoms with Crippen LogP contribution in [0.4, 0.5) is 0 Å². The van der Waals surface area contributed by atoms with E-state index in [1.807, 2.05) is 25.1 Å². The van der Waals surface area contributed by atoms with Crippen LogP contribution in [0.15, 0.2) is 53.6 Å². The number of nitrogens with zero attached hydrogens (tertiary/aromatic N) is 2. The lowest BCUT2D eigenvalue weighted by molar-refractivity contribution is 0.0950. The van der Waals surface area contributed by atoms with Crippen molar-refractivity contribution in [2.24, 2.45) is 0 Å². The van der Waals surface area contributed by atoms with E-state index in [9.17, 15) is 13.2 Å². The lowest BCUT2D eigenvalue weighted by atomic mass is 10.2. The molecular weight excluding hydrogens is 352 g/mol. The molecule has 1 aromatic heterocycles. The first kappa shape index (κ1) is 20.0. The zero-order chi connectivity index (χ0) is 19.0. The van der Waals surface area contributed by atoms with Gasteiger partial charge in [-0.05, 0) is 57.4 Å². The number of sulfonamides is 1. The first-order valence-corrected chi connectivity index (χ1v) is 9.79. The fraction of sp³-hybridized carbons (Fsp3) is 0.333. The summed E-state index contributed by atoms with van der Waals surface area (Å²) in [5.41, 5.74) is 1.02. The number of hydrogen-bond donors (Lipinski definition) is 2. The molecule has 2 aromatic rings. The summed E-state index contributed by atoms with van der Waals surface area (Å²) >= 11 is 0. The Labute approximate surface area is 154 Å². The van der Waals surface area contributed by atoms with Gasteiger partial charge in [-0.1, -0.05) is 12.1 Å². The van der Waals surface area contributed by atoms with Gasteiger partial charge in [0.2, 0.25) is 10.0 Å². The van der Waals surface area contributed by atoms with Crippen LogP contribution >= 0.6 is 0 Å². The van der Waals surface area contributed by atoms with Gasteiger partial charge in [-0.15, -0.1) is 0 Å². The van der Waals surface area contributed by atoms with E-state index in [1.54, 1.807) is 30.5 Å². The van der Waals surface area contributed by atoms with Gasteiger partial charge in [0.05, 0.1) is 17.1 Å². The quantitative estimate of drug-likeness (QED) is 0.643. The minimum Gasteiger partial charge on any atom is -0.346 e. The molecule has 0 saturated heterocycles. The van der Waals surface area contributed by atoms with Crippen LogP contribution in [0.5, 0.6) is 0 Å². The minimum absolute atomic E-state index is 0.0767. The van der Waals surface area contributed by atoms with Crippen molar-refractivity contribution in [1.29, 1.82) is 0 Å². The lowest BCUT2D eigenvalue weighted by Crippen LogP contribution is -2.28.